The van der Waals surface area contributed by atoms with Gasteiger partial charge < -0.3 is 15.4 Å². The Hall–Kier alpha value is -1.40. The Kier molecular flexibility index (Phi) is 4.26. The fourth-order valence-corrected chi connectivity index (χ4v) is 3.62. The number of ether oxygens (including phenoxy) is 1. The zero-order valence-electron chi connectivity index (χ0n) is 12.8. The minimum absolute atomic E-state index is 0.347. The van der Waals surface area contributed by atoms with E-state index in [1.165, 1.54) is 4.88 Å². The molecular weight excluding hydrogens is 284 g/mol. The minimum atomic E-state index is 0.347. The van der Waals surface area contributed by atoms with Gasteiger partial charge in [0.1, 0.15) is 10.6 Å². The van der Waals surface area contributed by atoms with E-state index in [9.17, 15) is 0 Å². The first-order valence-corrected chi connectivity index (χ1v) is 8.35. The fourth-order valence-electron chi connectivity index (χ4n) is 2.65. The Morgan fingerprint density at radius 3 is 3.00 bits per heavy atom. The summed E-state index contributed by atoms with van der Waals surface area (Å²) >= 11 is 1.74. The van der Waals surface area contributed by atoms with Crippen molar-refractivity contribution < 1.29 is 4.74 Å². The normalized spacial score (nSPS) is 19.9. The predicted molar refractivity (Wildman–Crippen MR) is 88.4 cm³/mol. The van der Waals surface area contributed by atoms with Gasteiger partial charge in [-0.15, -0.1) is 11.3 Å². The average molecular weight is 306 g/mol. The Bertz CT molecular complexity index is 621. The van der Waals surface area contributed by atoms with Crippen LogP contribution in [0.5, 0.6) is 0 Å². The molecule has 0 saturated carbocycles. The Balaban J connectivity index is 1.93. The highest BCUT2D eigenvalue weighted by Gasteiger charge is 2.23. The van der Waals surface area contributed by atoms with Crippen molar-refractivity contribution in [3.8, 4) is 0 Å². The molecule has 0 amide bonds. The summed E-state index contributed by atoms with van der Waals surface area (Å²) in [7, 11) is 1.85. The van der Waals surface area contributed by atoms with E-state index in [1.54, 1.807) is 11.3 Å². The van der Waals surface area contributed by atoms with Gasteiger partial charge in [-0.05, 0) is 25.8 Å². The molecule has 0 radical (unpaired) electrons. The van der Waals surface area contributed by atoms with Gasteiger partial charge in [0.25, 0.3) is 0 Å². The van der Waals surface area contributed by atoms with Gasteiger partial charge in [-0.25, -0.2) is 4.98 Å². The van der Waals surface area contributed by atoms with Crippen molar-refractivity contribution >= 4 is 33.3 Å². The van der Waals surface area contributed by atoms with Crippen molar-refractivity contribution in [2.45, 2.75) is 32.7 Å². The Morgan fingerprint density at radius 1 is 1.48 bits per heavy atom. The van der Waals surface area contributed by atoms with Crippen molar-refractivity contribution in [3.05, 3.63) is 10.9 Å². The number of nitrogens with one attached hydrogen (secondary N) is 2. The number of nitrogens with zero attached hydrogens (tertiary/aromatic N) is 2. The van der Waals surface area contributed by atoms with E-state index in [0.717, 1.165) is 42.1 Å². The van der Waals surface area contributed by atoms with Gasteiger partial charge >= 0.3 is 0 Å². The molecule has 2 aromatic rings. The molecule has 3 rings (SSSR count). The maximum atomic E-state index is 5.49. The van der Waals surface area contributed by atoms with Gasteiger partial charge in [0, 0.05) is 30.5 Å². The quantitative estimate of drug-likeness (QED) is 0.889. The topological polar surface area (TPSA) is 59.1 Å². The maximum absolute atomic E-state index is 5.49. The number of rotatable bonds is 5. The lowest BCUT2D eigenvalue weighted by Gasteiger charge is -2.20. The molecule has 1 aliphatic heterocycles. The number of aryl methyl sites for hydroxylation is 1. The molecule has 0 spiro atoms. The molecule has 0 aromatic carbocycles. The molecule has 2 aromatic heterocycles. The Morgan fingerprint density at radius 2 is 2.33 bits per heavy atom. The molecule has 0 bridgehead atoms. The minimum Gasteiger partial charge on any atom is -0.381 e. The highest BCUT2D eigenvalue weighted by atomic mass is 32.1. The molecule has 1 saturated heterocycles. The van der Waals surface area contributed by atoms with E-state index >= 15 is 0 Å². The highest BCUT2D eigenvalue weighted by molar-refractivity contribution is 7.18. The van der Waals surface area contributed by atoms with Crippen LogP contribution < -0.4 is 10.6 Å². The number of fused-ring (bicyclic) bond motifs is 1. The second kappa shape index (κ2) is 6.15. The monoisotopic (exact) mass is 306 g/mol. The summed E-state index contributed by atoms with van der Waals surface area (Å²) in [5, 5.41) is 7.75. The standard InChI is InChI=1S/C15H22N4OS/c1-4-11-7-12-13(17-9(2)10-5-6-20-8-10)18-15(16-3)19-14(12)21-11/h7,9-10H,4-6,8H2,1-3H3,(H2,16,17,18,19). The van der Waals surface area contributed by atoms with Crippen LogP contribution >= 0.6 is 11.3 Å². The first-order valence-electron chi connectivity index (χ1n) is 7.53. The summed E-state index contributed by atoms with van der Waals surface area (Å²) in [6, 6.07) is 2.56. The van der Waals surface area contributed by atoms with Crippen LogP contribution in [0.3, 0.4) is 0 Å². The summed E-state index contributed by atoms with van der Waals surface area (Å²) in [6.45, 7) is 6.09. The zero-order chi connectivity index (χ0) is 14.8. The van der Waals surface area contributed by atoms with E-state index in [0.29, 0.717) is 17.9 Å². The van der Waals surface area contributed by atoms with E-state index in [2.05, 4.69) is 40.5 Å². The average Bonchev–Trinajstić information content (AvgIpc) is 3.15. The predicted octanol–water partition coefficient (Wildman–Crippen LogP) is 3.13. The smallest absolute Gasteiger partial charge is 0.225 e. The van der Waals surface area contributed by atoms with Crippen LogP contribution in [0.4, 0.5) is 11.8 Å². The van der Waals surface area contributed by atoms with Gasteiger partial charge in [0.2, 0.25) is 5.95 Å². The first kappa shape index (κ1) is 14.5. The van der Waals surface area contributed by atoms with E-state index < -0.39 is 0 Å². The van der Waals surface area contributed by atoms with Gasteiger partial charge in [-0.3, -0.25) is 0 Å². The molecule has 5 nitrogen and oxygen atoms in total. The van der Waals surface area contributed by atoms with Crippen LogP contribution in [0.2, 0.25) is 0 Å². The van der Waals surface area contributed by atoms with Crippen molar-refractivity contribution in [3.63, 3.8) is 0 Å². The number of hydrogen-bond acceptors (Lipinski definition) is 6. The van der Waals surface area contributed by atoms with Gasteiger partial charge in [0.15, 0.2) is 0 Å². The summed E-state index contributed by atoms with van der Waals surface area (Å²) in [6.07, 6.45) is 2.15. The van der Waals surface area contributed by atoms with E-state index in [-0.39, 0.29) is 0 Å². The maximum Gasteiger partial charge on any atom is 0.225 e. The number of aromatic nitrogens is 2. The van der Waals surface area contributed by atoms with Gasteiger partial charge in [-0.1, -0.05) is 6.92 Å². The molecule has 2 N–H and O–H groups in total. The number of hydrogen-bond donors (Lipinski definition) is 2. The van der Waals surface area contributed by atoms with Crippen LogP contribution in [0.25, 0.3) is 10.2 Å². The molecule has 21 heavy (non-hydrogen) atoms. The van der Waals surface area contributed by atoms with E-state index in [4.69, 9.17) is 4.74 Å². The molecule has 6 heteroatoms. The van der Waals surface area contributed by atoms with Crippen molar-refractivity contribution in [1.82, 2.24) is 9.97 Å². The first-order chi connectivity index (χ1) is 10.2. The summed E-state index contributed by atoms with van der Waals surface area (Å²) < 4.78 is 5.49. The Labute approximate surface area is 129 Å². The van der Waals surface area contributed by atoms with Crippen LogP contribution in [0.1, 0.15) is 25.1 Å². The largest absolute Gasteiger partial charge is 0.381 e. The lowest BCUT2D eigenvalue weighted by Crippen LogP contribution is -2.26. The third-order valence-electron chi connectivity index (χ3n) is 4.05. The van der Waals surface area contributed by atoms with Crippen LogP contribution in [0.15, 0.2) is 6.07 Å². The van der Waals surface area contributed by atoms with E-state index in [1.807, 2.05) is 7.05 Å². The fraction of sp³-hybridized carbons (Fsp3) is 0.600. The molecule has 114 valence electrons. The lowest BCUT2D eigenvalue weighted by molar-refractivity contribution is 0.183. The molecule has 1 fully saturated rings. The lowest BCUT2D eigenvalue weighted by atomic mass is 10.0. The molecule has 0 aliphatic carbocycles. The highest BCUT2D eigenvalue weighted by Crippen LogP contribution is 2.31. The summed E-state index contributed by atoms with van der Waals surface area (Å²) in [5.41, 5.74) is 0. The molecular formula is C15H22N4OS. The van der Waals surface area contributed by atoms with Crippen LogP contribution in [-0.2, 0) is 11.2 Å². The van der Waals surface area contributed by atoms with Crippen LogP contribution in [0, 0.1) is 5.92 Å². The zero-order valence-corrected chi connectivity index (χ0v) is 13.6. The summed E-state index contributed by atoms with van der Waals surface area (Å²) in [5.74, 6) is 2.15. The molecule has 2 atom stereocenters. The molecule has 1 aliphatic rings. The van der Waals surface area contributed by atoms with Gasteiger partial charge in [-0.2, -0.15) is 4.98 Å². The third kappa shape index (κ3) is 2.96. The van der Waals surface area contributed by atoms with Crippen molar-refractivity contribution in [2.24, 2.45) is 5.92 Å². The number of anilines is 2. The molecule has 2 unspecified atom stereocenters. The number of thiophene rings is 1. The van der Waals surface area contributed by atoms with Gasteiger partial charge in [0.05, 0.1) is 12.0 Å². The van der Waals surface area contributed by atoms with Crippen LogP contribution in [-0.4, -0.2) is 36.3 Å². The molecule has 3 heterocycles. The second-order valence-electron chi connectivity index (χ2n) is 5.49. The SMILES string of the molecule is CCc1cc2c(NC(C)C3CCOC3)nc(NC)nc2s1. The van der Waals surface area contributed by atoms with Crippen molar-refractivity contribution in [1.29, 1.82) is 0 Å². The third-order valence-corrected chi connectivity index (χ3v) is 5.23. The second-order valence-corrected chi connectivity index (χ2v) is 6.60. The summed E-state index contributed by atoms with van der Waals surface area (Å²) in [4.78, 5) is 11.6. The van der Waals surface area contributed by atoms with Crippen molar-refractivity contribution in [2.75, 3.05) is 30.9 Å².